The van der Waals surface area contributed by atoms with Crippen LogP contribution in [0, 0.1) is 0 Å². The van der Waals surface area contributed by atoms with Gasteiger partial charge in [-0.15, -0.1) is 0 Å². The molecule has 3 nitrogen and oxygen atoms in total. The fraction of sp³-hybridized carbons (Fsp3) is 0.562. The summed E-state index contributed by atoms with van der Waals surface area (Å²) in [5.41, 5.74) is 2.23. The normalized spacial score (nSPS) is 24.3. The molecule has 0 amide bonds. The Morgan fingerprint density at radius 2 is 2.11 bits per heavy atom. The van der Waals surface area contributed by atoms with E-state index in [1.807, 2.05) is 0 Å². The molecule has 2 N–H and O–H groups in total. The van der Waals surface area contributed by atoms with Crippen LogP contribution in [0.5, 0.6) is 0 Å². The Hall–Kier alpha value is -1.35. The van der Waals surface area contributed by atoms with Crippen molar-refractivity contribution in [3.8, 4) is 0 Å². The minimum absolute atomic E-state index is 0.474. The predicted octanol–water partition coefficient (Wildman–Crippen LogP) is 2.70. The Morgan fingerprint density at radius 1 is 1.32 bits per heavy atom. The van der Waals surface area contributed by atoms with Crippen molar-refractivity contribution in [1.82, 2.24) is 5.32 Å². The third-order valence-corrected chi connectivity index (χ3v) is 4.80. The number of rotatable bonds is 4. The van der Waals surface area contributed by atoms with Gasteiger partial charge >= 0.3 is 5.97 Å². The van der Waals surface area contributed by atoms with Crippen molar-refractivity contribution < 1.29 is 9.90 Å². The highest BCUT2D eigenvalue weighted by atomic mass is 16.4. The number of fused-ring (bicyclic) bond motifs is 1. The number of carboxylic acid groups (broad SMARTS) is 1. The summed E-state index contributed by atoms with van der Waals surface area (Å²) in [5.74, 6) is -0.204. The SMILES string of the molecule is O=C(O)C1(NCC2CCCc3ccccc32)CCC1. The summed E-state index contributed by atoms with van der Waals surface area (Å²) in [6, 6.07) is 8.60. The van der Waals surface area contributed by atoms with E-state index in [2.05, 4.69) is 29.6 Å². The molecular formula is C16H21NO2. The number of hydrogen-bond donors (Lipinski definition) is 2. The first-order valence-electron chi connectivity index (χ1n) is 7.27. The van der Waals surface area contributed by atoms with E-state index in [1.54, 1.807) is 0 Å². The van der Waals surface area contributed by atoms with Crippen LogP contribution in [0.3, 0.4) is 0 Å². The Labute approximate surface area is 114 Å². The maximum Gasteiger partial charge on any atom is 0.323 e. The molecule has 19 heavy (non-hydrogen) atoms. The highest BCUT2D eigenvalue weighted by molar-refractivity contribution is 5.80. The molecule has 2 aliphatic carbocycles. The number of carboxylic acids is 1. The lowest BCUT2D eigenvalue weighted by Gasteiger charge is -2.40. The van der Waals surface area contributed by atoms with Gasteiger partial charge in [0.15, 0.2) is 0 Å². The lowest BCUT2D eigenvalue weighted by Crippen LogP contribution is -2.58. The number of carbonyl (C=O) groups is 1. The van der Waals surface area contributed by atoms with E-state index in [-0.39, 0.29) is 0 Å². The maximum absolute atomic E-state index is 11.4. The molecule has 1 aromatic carbocycles. The fourth-order valence-electron chi connectivity index (χ4n) is 3.38. The first kappa shape index (κ1) is 12.7. The summed E-state index contributed by atoms with van der Waals surface area (Å²) in [6.07, 6.45) is 6.12. The molecule has 0 radical (unpaired) electrons. The molecule has 1 fully saturated rings. The zero-order chi connectivity index (χ0) is 13.3. The quantitative estimate of drug-likeness (QED) is 0.874. The molecule has 0 bridgehead atoms. The van der Waals surface area contributed by atoms with E-state index in [9.17, 15) is 9.90 Å². The van der Waals surface area contributed by atoms with E-state index in [0.29, 0.717) is 5.92 Å². The zero-order valence-electron chi connectivity index (χ0n) is 11.2. The van der Waals surface area contributed by atoms with Crippen LogP contribution < -0.4 is 5.32 Å². The van der Waals surface area contributed by atoms with E-state index >= 15 is 0 Å². The average molecular weight is 259 g/mol. The first-order chi connectivity index (χ1) is 9.21. The highest BCUT2D eigenvalue weighted by Crippen LogP contribution is 2.35. The van der Waals surface area contributed by atoms with Crippen LogP contribution in [-0.2, 0) is 11.2 Å². The second-order valence-electron chi connectivity index (χ2n) is 5.91. The largest absolute Gasteiger partial charge is 0.480 e. The molecule has 1 aromatic rings. The van der Waals surface area contributed by atoms with Gasteiger partial charge in [-0.1, -0.05) is 24.3 Å². The standard InChI is InChI=1S/C16H21NO2/c18-15(19)16(9-4-10-16)17-11-13-7-3-6-12-5-1-2-8-14(12)13/h1-2,5,8,13,17H,3-4,6-7,9-11H2,(H,18,19). The molecule has 1 saturated carbocycles. The third kappa shape index (κ3) is 2.27. The van der Waals surface area contributed by atoms with Crippen LogP contribution in [-0.4, -0.2) is 23.2 Å². The summed E-state index contributed by atoms with van der Waals surface area (Å²) < 4.78 is 0. The lowest BCUT2D eigenvalue weighted by molar-refractivity contribution is -0.148. The second-order valence-corrected chi connectivity index (χ2v) is 5.91. The van der Waals surface area contributed by atoms with Crippen LogP contribution in [0.25, 0.3) is 0 Å². The van der Waals surface area contributed by atoms with Crippen molar-refractivity contribution in [1.29, 1.82) is 0 Å². The minimum Gasteiger partial charge on any atom is -0.480 e. The van der Waals surface area contributed by atoms with Gasteiger partial charge in [0.25, 0.3) is 0 Å². The van der Waals surface area contributed by atoms with Crippen molar-refractivity contribution in [2.24, 2.45) is 0 Å². The van der Waals surface area contributed by atoms with E-state index in [1.165, 1.54) is 24.0 Å². The van der Waals surface area contributed by atoms with Crippen molar-refractivity contribution >= 4 is 5.97 Å². The second kappa shape index (κ2) is 4.97. The predicted molar refractivity (Wildman–Crippen MR) is 74.3 cm³/mol. The Balaban J connectivity index is 1.70. The molecule has 0 heterocycles. The number of hydrogen-bond acceptors (Lipinski definition) is 2. The molecule has 0 aliphatic heterocycles. The van der Waals surface area contributed by atoms with Gasteiger partial charge in [0.2, 0.25) is 0 Å². The van der Waals surface area contributed by atoms with Gasteiger partial charge in [-0.05, 0) is 55.6 Å². The third-order valence-electron chi connectivity index (χ3n) is 4.80. The van der Waals surface area contributed by atoms with Gasteiger partial charge in [-0.25, -0.2) is 0 Å². The van der Waals surface area contributed by atoms with Crippen molar-refractivity contribution in [2.75, 3.05) is 6.54 Å². The highest BCUT2D eigenvalue weighted by Gasteiger charge is 2.44. The summed E-state index contributed by atoms with van der Waals surface area (Å²) in [5, 5.41) is 12.7. The fourth-order valence-corrected chi connectivity index (χ4v) is 3.38. The van der Waals surface area contributed by atoms with Gasteiger partial charge in [0.1, 0.15) is 5.54 Å². The van der Waals surface area contributed by atoms with Crippen molar-refractivity contribution in [3.63, 3.8) is 0 Å². The molecule has 0 aromatic heterocycles. The molecule has 1 atom stereocenters. The molecular weight excluding hydrogens is 238 g/mol. The average Bonchev–Trinajstić information content (AvgIpc) is 2.37. The number of benzene rings is 1. The monoisotopic (exact) mass is 259 g/mol. The van der Waals surface area contributed by atoms with Crippen LogP contribution in [0.4, 0.5) is 0 Å². The van der Waals surface area contributed by atoms with E-state index in [0.717, 1.165) is 32.2 Å². The Morgan fingerprint density at radius 3 is 2.79 bits per heavy atom. The van der Waals surface area contributed by atoms with Crippen LogP contribution in [0.1, 0.15) is 49.1 Å². The Bertz CT molecular complexity index is 479. The first-order valence-corrected chi connectivity index (χ1v) is 7.27. The molecule has 102 valence electrons. The van der Waals surface area contributed by atoms with Gasteiger partial charge in [-0.3, -0.25) is 4.79 Å². The Kier molecular flexibility index (Phi) is 3.31. The van der Waals surface area contributed by atoms with Crippen molar-refractivity contribution in [2.45, 2.75) is 50.0 Å². The molecule has 3 rings (SSSR count). The lowest BCUT2D eigenvalue weighted by atomic mass is 9.75. The summed E-state index contributed by atoms with van der Waals surface area (Å²) in [6.45, 7) is 0.795. The number of aryl methyl sites for hydroxylation is 1. The van der Waals surface area contributed by atoms with Crippen molar-refractivity contribution in [3.05, 3.63) is 35.4 Å². The zero-order valence-corrected chi connectivity index (χ0v) is 11.2. The summed E-state index contributed by atoms with van der Waals surface area (Å²) >= 11 is 0. The molecule has 2 aliphatic rings. The summed E-state index contributed by atoms with van der Waals surface area (Å²) in [4.78, 5) is 11.4. The molecule has 3 heteroatoms. The van der Waals surface area contributed by atoms with Crippen LogP contribution in [0.15, 0.2) is 24.3 Å². The molecule has 0 saturated heterocycles. The number of nitrogens with one attached hydrogen (secondary N) is 1. The summed E-state index contributed by atoms with van der Waals surface area (Å²) in [7, 11) is 0. The van der Waals surface area contributed by atoms with E-state index in [4.69, 9.17) is 0 Å². The van der Waals surface area contributed by atoms with Crippen LogP contribution in [0.2, 0.25) is 0 Å². The van der Waals surface area contributed by atoms with Gasteiger partial charge in [0.05, 0.1) is 0 Å². The van der Waals surface area contributed by atoms with Gasteiger partial charge in [-0.2, -0.15) is 0 Å². The maximum atomic E-state index is 11.4. The topological polar surface area (TPSA) is 49.3 Å². The van der Waals surface area contributed by atoms with Gasteiger partial charge < -0.3 is 10.4 Å². The minimum atomic E-state index is -0.678. The molecule has 0 spiro atoms. The van der Waals surface area contributed by atoms with Gasteiger partial charge in [0, 0.05) is 6.54 Å². The smallest absolute Gasteiger partial charge is 0.323 e. The van der Waals surface area contributed by atoms with E-state index < -0.39 is 11.5 Å². The number of aliphatic carboxylic acids is 1. The molecule has 1 unspecified atom stereocenters. The van der Waals surface area contributed by atoms with Crippen LogP contribution >= 0.6 is 0 Å².